The van der Waals surface area contributed by atoms with Gasteiger partial charge in [-0.05, 0) is 43.5 Å². The number of halogens is 1. The summed E-state index contributed by atoms with van der Waals surface area (Å²) in [7, 11) is 0. The first kappa shape index (κ1) is 15.5. The van der Waals surface area contributed by atoms with Crippen molar-refractivity contribution >= 4 is 23.5 Å². The number of hydrogen-bond donors (Lipinski definition) is 1. The smallest absolute Gasteiger partial charge is 0.329 e. The van der Waals surface area contributed by atoms with E-state index in [1.54, 1.807) is 4.90 Å². The molecule has 0 spiro atoms. The number of nitrogens with zero attached hydrogens (tertiary/aromatic N) is 2. The van der Waals surface area contributed by atoms with Crippen molar-refractivity contribution in [3.8, 4) is 0 Å². The normalized spacial score (nSPS) is 21.5. The average Bonchev–Trinajstić information content (AvgIpc) is 2.83. The summed E-state index contributed by atoms with van der Waals surface area (Å²) in [6.45, 7) is 1.41. The monoisotopic (exact) mass is 319 g/mol. The fraction of sp³-hybridized carbons (Fsp3) is 0.438. The maximum atomic E-state index is 13.0. The molecule has 2 saturated heterocycles. The largest absolute Gasteiger partial charge is 0.343 e. The number of nitrogens with one attached hydrogen (secondary N) is 1. The zero-order valence-corrected chi connectivity index (χ0v) is 12.6. The van der Waals surface area contributed by atoms with Crippen molar-refractivity contribution in [2.75, 3.05) is 18.0 Å². The summed E-state index contributed by atoms with van der Waals surface area (Å²) in [5.74, 6) is -1.05. The summed E-state index contributed by atoms with van der Waals surface area (Å²) in [5, 5.41) is 2.53. The molecule has 2 fully saturated rings. The second-order valence-corrected chi connectivity index (χ2v) is 5.80. The first-order chi connectivity index (χ1) is 11.1. The minimum atomic E-state index is -0.859. The quantitative estimate of drug-likeness (QED) is 0.861. The molecule has 0 aliphatic carbocycles. The Labute approximate surface area is 133 Å². The number of rotatable bonds is 3. The molecule has 122 valence electrons. The van der Waals surface area contributed by atoms with Crippen LogP contribution in [-0.2, 0) is 9.59 Å². The van der Waals surface area contributed by atoms with Gasteiger partial charge in [-0.1, -0.05) is 0 Å². The van der Waals surface area contributed by atoms with Gasteiger partial charge in [0.25, 0.3) is 5.91 Å². The maximum absolute atomic E-state index is 13.0. The van der Waals surface area contributed by atoms with E-state index in [0.29, 0.717) is 18.8 Å². The van der Waals surface area contributed by atoms with E-state index in [4.69, 9.17) is 0 Å². The Morgan fingerprint density at radius 3 is 2.43 bits per heavy atom. The van der Waals surface area contributed by atoms with Gasteiger partial charge in [-0.15, -0.1) is 0 Å². The SMILES string of the molecule is O=C(C[C@@H]1NC(=O)N(c2ccc(F)cc2)C1=O)N1CCCCC1. The van der Waals surface area contributed by atoms with E-state index >= 15 is 0 Å². The van der Waals surface area contributed by atoms with Crippen molar-refractivity contribution < 1.29 is 18.8 Å². The predicted molar refractivity (Wildman–Crippen MR) is 81.3 cm³/mol. The molecule has 3 rings (SSSR count). The Balaban J connectivity index is 1.68. The number of carbonyl (C=O) groups excluding carboxylic acids is 3. The van der Waals surface area contributed by atoms with Crippen LogP contribution >= 0.6 is 0 Å². The molecule has 0 bridgehead atoms. The highest BCUT2D eigenvalue weighted by Crippen LogP contribution is 2.21. The van der Waals surface area contributed by atoms with Crippen molar-refractivity contribution in [2.24, 2.45) is 0 Å². The summed E-state index contributed by atoms with van der Waals surface area (Å²) in [4.78, 5) is 39.4. The first-order valence-corrected chi connectivity index (χ1v) is 7.74. The third kappa shape index (κ3) is 3.18. The van der Waals surface area contributed by atoms with Crippen molar-refractivity contribution in [1.29, 1.82) is 0 Å². The third-order valence-corrected chi connectivity index (χ3v) is 4.19. The number of amides is 4. The molecule has 23 heavy (non-hydrogen) atoms. The highest BCUT2D eigenvalue weighted by molar-refractivity contribution is 6.22. The molecule has 0 aromatic heterocycles. The lowest BCUT2D eigenvalue weighted by Crippen LogP contribution is -2.41. The lowest BCUT2D eigenvalue weighted by molar-refractivity contribution is -0.134. The van der Waals surface area contributed by atoms with Crippen molar-refractivity contribution in [3.63, 3.8) is 0 Å². The number of hydrogen-bond acceptors (Lipinski definition) is 3. The molecular formula is C16H18FN3O3. The molecule has 1 aromatic rings. The average molecular weight is 319 g/mol. The number of urea groups is 1. The highest BCUT2D eigenvalue weighted by atomic mass is 19.1. The Hall–Kier alpha value is -2.44. The Morgan fingerprint density at radius 2 is 1.78 bits per heavy atom. The molecule has 2 aliphatic rings. The summed E-state index contributed by atoms with van der Waals surface area (Å²) < 4.78 is 13.0. The van der Waals surface area contributed by atoms with Crippen LogP contribution in [-0.4, -0.2) is 41.9 Å². The van der Waals surface area contributed by atoms with Crippen molar-refractivity contribution in [1.82, 2.24) is 10.2 Å². The van der Waals surface area contributed by atoms with Gasteiger partial charge in [-0.25, -0.2) is 14.1 Å². The Kier molecular flexibility index (Phi) is 4.27. The fourth-order valence-electron chi connectivity index (χ4n) is 2.95. The zero-order valence-electron chi connectivity index (χ0n) is 12.6. The molecule has 0 unspecified atom stereocenters. The number of anilines is 1. The van der Waals surface area contributed by atoms with E-state index in [1.807, 2.05) is 0 Å². The lowest BCUT2D eigenvalue weighted by atomic mass is 10.1. The molecule has 0 radical (unpaired) electrons. The number of imide groups is 1. The Morgan fingerprint density at radius 1 is 1.13 bits per heavy atom. The van der Waals surface area contributed by atoms with E-state index in [9.17, 15) is 18.8 Å². The summed E-state index contributed by atoms with van der Waals surface area (Å²) >= 11 is 0. The molecule has 1 N–H and O–H groups in total. The van der Waals surface area contributed by atoms with E-state index < -0.39 is 23.8 Å². The highest BCUT2D eigenvalue weighted by Gasteiger charge is 2.40. The van der Waals surface area contributed by atoms with Gasteiger partial charge in [0.15, 0.2) is 0 Å². The van der Waals surface area contributed by atoms with Crippen LogP contribution in [0.1, 0.15) is 25.7 Å². The molecule has 1 aromatic carbocycles. The van der Waals surface area contributed by atoms with Crippen LogP contribution in [0.5, 0.6) is 0 Å². The number of benzene rings is 1. The Bertz CT molecular complexity index is 626. The molecule has 2 heterocycles. The van der Waals surface area contributed by atoms with Crippen molar-refractivity contribution in [3.05, 3.63) is 30.1 Å². The molecule has 0 saturated carbocycles. The molecule has 1 atom stereocenters. The van der Waals surface area contributed by atoms with Crippen LogP contribution in [0, 0.1) is 5.82 Å². The summed E-state index contributed by atoms with van der Waals surface area (Å²) in [5.41, 5.74) is 0.293. The van der Waals surface area contributed by atoms with Gasteiger partial charge in [0.05, 0.1) is 12.1 Å². The van der Waals surface area contributed by atoms with Crippen LogP contribution in [0.2, 0.25) is 0 Å². The van der Waals surface area contributed by atoms with Gasteiger partial charge in [0.2, 0.25) is 5.91 Å². The molecule has 7 heteroatoms. The zero-order chi connectivity index (χ0) is 16.4. The maximum Gasteiger partial charge on any atom is 0.329 e. The second kappa shape index (κ2) is 6.36. The summed E-state index contributed by atoms with van der Waals surface area (Å²) in [6, 6.07) is 3.65. The van der Waals surface area contributed by atoms with Crippen LogP contribution in [0.4, 0.5) is 14.9 Å². The lowest BCUT2D eigenvalue weighted by Gasteiger charge is -2.27. The minimum absolute atomic E-state index is 0.0394. The minimum Gasteiger partial charge on any atom is -0.343 e. The van der Waals surface area contributed by atoms with Crippen LogP contribution in [0.15, 0.2) is 24.3 Å². The predicted octanol–water partition coefficient (Wildman–Crippen LogP) is 1.65. The standard InChI is InChI=1S/C16H18FN3O3/c17-11-4-6-12(7-5-11)20-15(22)13(18-16(20)23)10-14(21)19-8-2-1-3-9-19/h4-7,13H,1-3,8-10H2,(H,18,23)/t13-/m0/s1. The number of carbonyl (C=O) groups is 3. The van der Waals surface area contributed by atoms with Gasteiger partial charge >= 0.3 is 6.03 Å². The van der Waals surface area contributed by atoms with E-state index in [-0.39, 0.29) is 12.3 Å². The van der Waals surface area contributed by atoms with Crippen LogP contribution in [0.25, 0.3) is 0 Å². The van der Waals surface area contributed by atoms with Crippen molar-refractivity contribution in [2.45, 2.75) is 31.7 Å². The van der Waals surface area contributed by atoms with E-state index in [2.05, 4.69) is 5.32 Å². The van der Waals surface area contributed by atoms with E-state index in [0.717, 1.165) is 24.2 Å². The van der Waals surface area contributed by atoms with Crippen LogP contribution in [0.3, 0.4) is 0 Å². The number of piperidine rings is 1. The van der Waals surface area contributed by atoms with E-state index in [1.165, 1.54) is 24.3 Å². The first-order valence-electron chi connectivity index (χ1n) is 7.74. The summed E-state index contributed by atoms with van der Waals surface area (Å²) in [6.07, 6.45) is 3.01. The number of likely N-dealkylation sites (tertiary alicyclic amines) is 1. The molecule has 4 amide bonds. The van der Waals surface area contributed by atoms with Crippen LogP contribution < -0.4 is 10.2 Å². The molecule has 2 aliphatic heterocycles. The van der Waals surface area contributed by atoms with Gasteiger partial charge in [0.1, 0.15) is 11.9 Å². The van der Waals surface area contributed by atoms with Gasteiger partial charge in [-0.3, -0.25) is 9.59 Å². The van der Waals surface area contributed by atoms with Gasteiger partial charge in [0, 0.05) is 13.1 Å². The second-order valence-electron chi connectivity index (χ2n) is 5.80. The fourth-order valence-corrected chi connectivity index (χ4v) is 2.95. The molecular weight excluding hydrogens is 301 g/mol. The third-order valence-electron chi connectivity index (χ3n) is 4.19. The van der Waals surface area contributed by atoms with Gasteiger partial charge < -0.3 is 10.2 Å². The molecule has 6 nitrogen and oxygen atoms in total. The topological polar surface area (TPSA) is 69.7 Å². The van der Waals surface area contributed by atoms with Gasteiger partial charge in [-0.2, -0.15) is 0 Å².